The van der Waals surface area contributed by atoms with Crippen molar-refractivity contribution in [3.63, 3.8) is 0 Å². The number of benzene rings is 2. The second-order valence-electron chi connectivity index (χ2n) is 3.76. The van der Waals surface area contributed by atoms with Gasteiger partial charge < -0.3 is 18.9 Å². The molecule has 0 saturated carbocycles. The molecule has 2 aromatic carbocycles. The van der Waals surface area contributed by atoms with Crippen molar-refractivity contribution < 1.29 is 18.9 Å². The molecule has 0 unspecified atom stereocenters. The molecule has 0 amide bonds. The van der Waals surface area contributed by atoms with Crippen LogP contribution in [-0.2, 0) is 0 Å². The molecule has 23 heavy (non-hydrogen) atoms. The van der Waals surface area contributed by atoms with Crippen LogP contribution in [0.1, 0.15) is 27.7 Å². The predicted molar refractivity (Wildman–Crippen MR) is 94.8 cm³/mol. The molecule has 0 heterocycles. The highest BCUT2D eigenvalue weighted by Crippen LogP contribution is 2.19. The van der Waals surface area contributed by atoms with E-state index in [4.69, 9.17) is 18.9 Å². The number of hydrogen-bond acceptors (Lipinski definition) is 4. The normalized spacial score (nSPS) is 8.61. The van der Waals surface area contributed by atoms with Crippen molar-refractivity contribution in [2.75, 3.05) is 21.0 Å². The standard InChI is InChI=1S/C15H16O4.2C2H6/c1-16-12-3-7-14(8-4-12)18-11-19-15-9-5-13(17-2)6-10-15;2*1-2/h3-10H,11H2,1-2H3;2*1-2H3. The van der Waals surface area contributed by atoms with Gasteiger partial charge >= 0.3 is 0 Å². The summed E-state index contributed by atoms with van der Waals surface area (Å²) in [4.78, 5) is 0. The maximum Gasteiger partial charge on any atom is 0.230 e. The zero-order valence-corrected chi connectivity index (χ0v) is 15.0. The third-order valence-electron chi connectivity index (χ3n) is 2.57. The lowest BCUT2D eigenvalue weighted by atomic mass is 10.3. The summed E-state index contributed by atoms with van der Waals surface area (Å²) in [5, 5.41) is 0. The average Bonchev–Trinajstić information content (AvgIpc) is 2.66. The fourth-order valence-electron chi connectivity index (χ4n) is 1.51. The van der Waals surface area contributed by atoms with Crippen LogP contribution in [0.4, 0.5) is 0 Å². The zero-order valence-electron chi connectivity index (χ0n) is 15.0. The Morgan fingerprint density at radius 1 is 0.522 bits per heavy atom. The summed E-state index contributed by atoms with van der Waals surface area (Å²) in [6.07, 6.45) is 0. The molecule has 0 aromatic heterocycles. The summed E-state index contributed by atoms with van der Waals surface area (Å²) >= 11 is 0. The summed E-state index contributed by atoms with van der Waals surface area (Å²) in [5.41, 5.74) is 0. The number of rotatable bonds is 6. The lowest BCUT2D eigenvalue weighted by Gasteiger charge is -2.09. The molecule has 0 spiro atoms. The predicted octanol–water partition coefficient (Wildman–Crippen LogP) is 5.17. The lowest BCUT2D eigenvalue weighted by Crippen LogP contribution is -2.05. The molecule has 2 rings (SSSR count). The molecular weight excluding hydrogens is 292 g/mol. The van der Waals surface area contributed by atoms with Gasteiger partial charge in [-0.05, 0) is 48.5 Å². The van der Waals surface area contributed by atoms with Crippen LogP contribution in [0.15, 0.2) is 48.5 Å². The fourth-order valence-corrected chi connectivity index (χ4v) is 1.51. The first-order valence-corrected chi connectivity index (χ1v) is 7.85. The largest absolute Gasteiger partial charge is 0.497 e. The van der Waals surface area contributed by atoms with E-state index < -0.39 is 0 Å². The minimum atomic E-state index is 0.151. The van der Waals surface area contributed by atoms with Crippen LogP contribution in [0.25, 0.3) is 0 Å². The summed E-state index contributed by atoms with van der Waals surface area (Å²) in [5.74, 6) is 3.05. The lowest BCUT2D eigenvalue weighted by molar-refractivity contribution is 0.119. The smallest absolute Gasteiger partial charge is 0.230 e. The third kappa shape index (κ3) is 8.00. The summed E-state index contributed by atoms with van der Waals surface area (Å²) in [7, 11) is 3.26. The van der Waals surface area contributed by atoms with Crippen molar-refractivity contribution in [3.8, 4) is 23.0 Å². The quantitative estimate of drug-likeness (QED) is 0.688. The molecule has 4 heteroatoms. The van der Waals surface area contributed by atoms with Gasteiger partial charge in [0, 0.05) is 0 Å². The molecule has 0 aliphatic carbocycles. The summed E-state index contributed by atoms with van der Waals surface area (Å²) < 4.78 is 21.0. The SMILES string of the molecule is CC.CC.COc1ccc(OCOc2ccc(OC)cc2)cc1. The van der Waals surface area contributed by atoms with E-state index in [0.29, 0.717) is 0 Å². The van der Waals surface area contributed by atoms with Gasteiger partial charge in [-0.25, -0.2) is 0 Å². The molecule has 0 aliphatic rings. The van der Waals surface area contributed by atoms with Gasteiger partial charge in [-0.1, -0.05) is 27.7 Å². The number of hydrogen-bond donors (Lipinski definition) is 0. The minimum Gasteiger partial charge on any atom is -0.497 e. The highest BCUT2D eigenvalue weighted by molar-refractivity contribution is 5.32. The first-order chi connectivity index (χ1) is 11.3. The number of ether oxygens (including phenoxy) is 4. The molecule has 2 aromatic rings. The van der Waals surface area contributed by atoms with Crippen molar-refractivity contribution in [2.24, 2.45) is 0 Å². The fraction of sp³-hybridized carbons (Fsp3) is 0.368. The molecular formula is C19H28O4. The third-order valence-corrected chi connectivity index (χ3v) is 2.57. The average molecular weight is 320 g/mol. The van der Waals surface area contributed by atoms with E-state index in [9.17, 15) is 0 Å². The Kier molecular flexibility index (Phi) is 11.9. The van der Waals surface area contributed by atoms with Crippen LogP contribution in [-0.4, -0.2) is 21.0 Å². The maximum atomic E-state index is 5.46. The van der Waals surface area contributed by atoms with Crippen molar-refractivity contribution in [3.05, 3.63) is 48.5 Å². The Bertz CT molecular complexity index is 444. The Balaban J connectivity index is 0.00000112. The minimum absolute atomic E-state index is 0.151. The highest BCUT2D eigenvalue weighted by atomic mass is 16.7. The molecule has 0 saturated heterocycles. The van der Waals surface area contributed by atoms with Crippen LogP contribution in [0.5, 0.6) is 23.0 Å². The Morgan fingerprint density at radius 2 is 0.783 bits per heavy atom. The maximum absolute atomic E-state index is 5.46. The van der Waals surface area contributed by atoms with Crippen LogP contribution in [0, 0.1) is 0 Å². The first-order valence-electron chi connectivity index (χ1n) is 7.85. The van der Waals surface area contributed by atoms with Crippen LogP contribution in [0.2, 0.25) is 0 Å². The van der Waals surface area contributed by atoms with E-state index in [2.05, 4.69) is 0 Å². The van der Waals surface area contributed by atoms with Gasteiger partial charge in [0.15, 0.2) is 0 Å². The molecule has 4 nitrogen and oxygen atoms in total. The van der Waals surface area contributed by atoms with Gasteiger partial charge in [0.05, 0.1) is 14.2 Å². The molecule has 0 atom stereocenters. The second kappa shape index (κ2) is 13.3. The summed E-state index contributed by atoms with van der Waals surface area (Å²) in [6, 6.07) is 14.7. The Morgan fingerprint density at radius 3 is 1.04 bits per heavy atom. The first kappa shape index (κ1) is 20.6. The Labute approximate surface area is 140 Å². The van der Waals surface area contributed by atoms with E-state index in [1.54, 1.807) is 14.2 Å². The van der Waals surface area contributed by atoms with E-state index in [0.717, 1.165) is 23.0 Å². The van der Waals surface area contributed by atoms with E-state index in [1.807, 2.05) is 76.2 Å². The summed E-state index contributed by atoms with van der Waals surface area (Å²) in [6.45, 7) is 8.15. The monoisotopic (exact) mass is 320 g/mol. The topological polar surface area (TPSA) is 36.9 Å². The molecule has 0 aliphatic heterocycles. The molecule has 0 bridgehead atoms. The van der Waals surface area contributed by atoms with Gasteiger partial charge in [-0.2, -0.15) is 0 Å². The van der Waals surface area contributed by atoms with Gasteiger partial charge in [-0.15, -0.1) is 0 Å². The van der Waals surface area contributed by atoms with Crippen molar-refractivity contribution in [1.82, 2.24) is 0 Å². The molecule has 0 N–H and O–H groups in total. The van der Waals surface area contributed by atoms with Gasteiger partial charge in [0.2, 0.25) is 6.79 Å². The van der Waals surface area contributed by atoms with Crippen LogP contribution >= 0.6 is 0 Å². The highest BCUT2D eigenvalue weighted by Gasteiger charge is 1.97. The van der Waals surface area contributed by atoms with E-state index >= 15 is 0 Å². The Hall–Kier alpha value is -2.36. The van der Waals surface area contributed by atoms with Gasteiger partial charge in [0.25, 0.3) is 0 Å². The van der Waals surface area contributed by atoms with Crippen LogP contribution in [0.3, 0.4) is 0 Å². The molecule has 0 radical (unpaired) electrons. The van der Waals surface area contributed by atoms with E-state index in [1.165, 1.54) is 0 Å². The van der Waals surface area contributed by atoms with Crippen molar-refractivity contribution >= 4 is 0 Å². The molecule has 0 fully saturated rings. The second-order valence-corrected chi connectivity index (χ2v) is 3.76. The zero-order chi connectivity index (χ0) is 17.5. The molecule has 128 valence electrons. The number of methoxy groups -OCH3 is 2. The van der Waals surface area contributed by atoms with Crippen LogP contribution < -0.4 is 18.9 Å². The van der Waals surface area contributed by atoms with Crippen molar-refractivity contribution in [2.45, 2.75) is 27.7 Å². The van der Waals surface area contributed by atoms with Gasteiger partial charge in [0.1, 0.15) is 23.0 Å². The van der Waals surface area contributed by atoms with Crippen molar-refractivity contribution in [1.29, 1.82) is 0 Å². The van der Waals surface area contributed by atoms with Gasteiger partial charge in [-0.3, -0.25) is 0 Å². The van der Waals surface area contributed by atoms with E-state index in [-0.39, 0.29) is 6.79 Å².